The van der Waals surface area contributed by atoms with Crippen molar-refractivity contribution < 1.29 is 9.59 Å². The smallest absolute Gasteiger partial charge is 0.234 e. The van der Waals surface area contributed by atoms with Crippen LogP contribution in [0.4, 0.5) is 0 Å². The lowest BCUT2D eigenvalue weighted by Crippen LogP contribution is -2.39. The molecule has 0 atom stereocenters. The van der Waals surface area contributed by atoms with Gasteiger partial charge in [0.25, 0.3) is 0 Å². The second-order valence-corrected chi connectivity index (χ2v) is 4.99. The molecule has 0 spiro atoms. The lowest BCUT2D eigenvalue weighted by Gasteiger charge is -2.07. The molecule has 5 nitrogen and oxygen atoms in total. The monoisotopic (exact) mass is 239 g/mol. The van der Waals surface area contributed by atoms with E-state index in [-0.39, 0.29) is 17.7 Å². The fraction of sp³-hybridized carbons (Fsp3) is 0.833. The molecule has 0 radical (unpaired) electrons. The maximum atomic E-state index is 11.3. The van der Waals surface area contributed by atoms with Crippen molar-refractivity contribution in [3.05, 3.63) is 0 Å². The zero-order valence-electron chi connectivity index (χ0n) is 10.1. The van der Waals surface area contributed by atoms with E-state index in [1.54, 1.807) is 0 Å². The molecule has 0 aromatic heterocycles. The molecule has 2 rings (SSSR count). The van der Waals surface area contributed by atoms with Crippen LogP contribution in [0.2, 0.25) is 0 Å². The molecule has 5 heteroatoms. The summed E-state index contributed by atoms with van der Waals surface area (Å²) in [6.45, 7) is 2.38. The van der Waals surface area contributed by atoms with Crippen molar-refractivity contribution in [2.24, 2.45) is 11.8 Å². The Kier molecular flexibility index (Phi) is 4.36. The molecule has 2 saturated carbocycles. The van der Waals surface area contributed by atoms with Gasteiger partial charge in [-0.1, -0.05) is 0 Å². The summed E-state index contributed by atoms with van der Waals surface area (Å²) < 4.78 is 0. The van der Waals surface area contributed by atoms with E-state index < -0.39 is 0 Å². The predicted octanol–water partition coefficient (Wildman–Crippen LogP) is -0.372. The molecule has 2 fully saturated rings. The fourth-order valence-corrected chi connectivity index (χ4v) is 1.65. The SMILES string of the molecule is O=C(CNCC1CC1)NCCNC(=O)C1CC1. The molecule has 2 amide bonds. The number of nitrogens with one attached hydrogen (secondary N) is 3. The van der Waals surface area contributed by atoms with Gasteiger partial charge >= 0.3 is 0 Å². The molecule has 0 aromatic rings. The van der Waals surface area contributed by atoms with Crippen molar-refractivity contribution >= 4 is 11.8 Å². The molecule has 0 bridgehead atoms. The normalized spacial score (nSPS) is 18.8. The molecule has 0 aliphatic heterocycles. The first kappa shape index (κ1) is 12.4. The van der Waals surface area contributed by atoms with Crippen molar-refractivity contribution in [1.82, 2.24) is 16.0 Å². The van der Waals surface area contributed by atoms with Crippen LogP contribution < -0.4 is 16.0 Å². The van der Waals surface area contributed by atoms with Crippen LogP contribution in [0.1, 0.15) is 25.7 Å². The zero-order chi connectivity index (χ0) is 12.1. The Morgan fingerprint density at radius 2 is 1.71 bits per heavy atom. The van der Waals surface area contributed by atoms with Gasteiger partial charge in [0, 0.05) is 19.0 Å². The number of hydrogen-bond acceptors (Lipinski definition) is 3. The van der Waals surface area contributed by atoms with Gasteiger partial charge in [-0.15, -0.1) is 0 Å². The second kappa shape index (κ2) is 6.00. The van der Waals surface area contributed by atoms with Crippen LogP contribution >= 0.6 is 0 Å². The zero-order valence-corrected chi connectivity index (χ0v) is 10.1. The van der Waals surface area contributed by atoms with Gasteiger partial charge in [0.15, 0.2) is 0 Å². The number of carbonyl (C=O) groups is 2. The summed E-state index contributed by atoms with van der Waals surface area (Å²) in [6, 6.07) is 0. The van der Waals surface area contributed by atoms with E-state index in [2.05, 4.69) is 16.0 Å². The van der Waals surface area contributed by atoms with Gasteiger partial charge < -0.3 is 16.0 Å². The lowest BCUT2D eigenvalue weighted by atomic mass is 10.4. The number of carbonyl (C=O) groups excluding carboxylic acids is 2. The molecule has 17 heavy (non-hydrogen) atoms. The Balaban J connectivity index is 1.40. The molecule has 0 unspecified atom stereocenters. The van der Waals surface area contributed by atoms with Crippen LogP contribution in [0.3, 0.4) is 0 Å². The highest BCUT2D eigenvalue weighted by atomic mass is 16.2. The molecule has 3 N–H and O–H groups in total. The third-order valence-electron chi connectivity index (χ3n) is 3.11. The first-order valence-corrected chi connectivity index (χ1v) is 6.51. The van der Waals surface area contributed by atoms with E-state index in [0.29, 0.717) is 19.6 Å². The molecule has 0 saturated heterocycles. The Hall–Kier alpha value is -1.10. The van der Waals surface area contributed by atoms with Crippen molar-refractivity contribution in [2.75, 3.05) is 26.2 Å². The molecule has 2 aliphatic rings. The van der Waals surface area contributed by atoms with Gasteiger partial charge in [0.1, 0.15) is 0 Å². The number of hydrogen-bond donors (Lipinski definition) is 3. The Morgan fingerprint density at radius 3 is 2.35 bits per heavy atom. The largest absolute Gasteiger partial charge is 0.354 e. The third kappa shape index (κ3) is 5.17. The Morgan fingerprint density at radius 1 is 1.00 bits per heavy atom. The minimum Gasteiger partial charge on any atom is -0.354 e. The van der Waals surface area contributed by atoms with Gasteiger partial charge in [-0.3, -0.25) is 9.59 Å². The highest BCUT2D eigenvalue weighted by Gasteiger charge is 2.28. The van der Waals surface area contributed by atoms with Gasteiger partial charge in [-0.05, 0) is 38.1 Å². The second-order valence-electron chi connectivity index (χ2n) is 4.99. The minimum atomic E-state index is 0.00585. The average molecular weight is 239 g/mol. The topological polar surface area (TPSA) is 70.2 Å². The quantitative estimate of drug-likeness (QED) is 0.506. The summed E-state index contributed by atoms with van der Waals surface area (Å²) >= 11 is 0. The average Bonchev–Trinajstić information content (AvgIpc) is 3.16. The maximum Gasteiger partial charge on any atom is 0.234 e. The lowest BCUT2D eigenvalue weighted by molar-refractivity contribution is -0.123. The van der Waals surface area contributed by atoms with Crippen LogP contribution in [-0.2, 0) is 9.59 Å². The van der Waals surface area contributed by atoms with Gasteiger partial charge in [0.2, 0.25) is 11.8 Å². The summed E-state index contributed by atoms with van der Waals surface area (Å²) in [5.41, 5.74) is 0. The van der Waals surface area contributed by atoms with Crippen molar-refractivity contribution in [3.63, 3.8) is 0 Å². The summed E-state index contributed by atoms with van der Waals surface area (Å²) in [4.78, 5) is 22.6. The van der Waals surface area contributed by atoms with E-state index in [0.717, 1.165) is 25.3 Å². The molecule has 0 aromatic carbocycles. The number of rotatable bonds is 8. The van der Waals surface area contributed by atoms with Crippen molar-refractivity contribution in [3.8, 4) is 0 Å². The van der Waals surface area contributed by atoms with E-state index >= 15 is 0 Å². The van der Waals surface area contributed by atoms with Crippen molar-refractivity contribution in [1.29, 1.82) is 0 Å². The molecular weight excluding hydrogens is 218 g/mol. The van der Waals surface area contributed by atoms with E-state index in [4.69, 9.17) is 0 Å². The first-order valence-electron chi connectivity index (χ1n) is 6.51. The maximum absolute atomic E-state index is 11.3. The molecule has 2 aliphatic carbocycles. The highest BCUT2D eigenvalue weighted by molar-refractivity contribution is 5.81. The first-order chi connectivity index (χ1) is 8.25. The summed E-state index contributed by atoms with van der Waals surface area (Å²) in [5, 5.41) is 8.71. The highest BCUT2D eigenvalue weighted by Crippen LogP contribution is 2.28. The van der Waals surface area contributed by atoms with Crippen LogP contribution in [-0.4, -0.2) is 38.0 Å². The molecular formula is C12H21N3O2. The van der Waals surface area contributed by atoms with Gasteiger partial charge in [-0.25, -0.2) is 0 Å². The molecule has 0 heterocycles. The van der Waals surface area contributed by atoms with Crippen molar-refractivity contribution in [2.45, 2.75) is 25.7 Å². The van der Waals surface area contributed by atoms with E-state index in [1.807, 2.05) is 0 Å². The van der Waals surface area contributed by atoms with E-state index in [1.165, 1.54) is 12.8 Å². The number of amides is 2. The van der Waals surface area contributed by atoms with Gasteiger partial charge in [0.05, 0.1) is 6.54 Å². The predicted molar refractivity (Wildman–Crippen MR) is 64.3 cm³/mol. The summed E-state index contributed by atoms with van der Waals surface area (Å²) in [7, 11) is 0. The standard InChI is InChI=1S/C12H21N3O2/c16-11(8-13-7-9-1-2-9)14-5-6-15-12(17)10-3-4-10/h9-10,13H,1-8H2,(H,14,16)(H,15,17). The fourth-order valence-electron chi connectivity index (χ4n) is 1.65. The summed E-state index contributed by atoms with van der Waals surface area (Å²) in [6.07, 6.45) is 4.62. The van der Waals surface area contributed by atoms with Crippen LogP contribution in [0.5, 0.6) is 0 Å². The Labute approximate surface area is 102 Å². The Bertz CT molecular complexity index is 285. The van der Waals surface area contributed by atoms with Crippen LogP contribution in [0, 0.1) is 11.8 Å². The molecule has 96 valence electrons. The third-order valence-corrected chi connectivity index (χ3v) is 3.11. The van der Waals surface area contributed by atoms with Crippen LogP contribution in [0.25, 0.3) is 0 Å². The minimum absolute atomic E-state index is 0.00585. The van der Waals surface area contributed by atoms with E-state index in [9.17, 15) is 9.59 Å². The van der Waals surface area contributed by atoms with Gasteiger partial charge in [-0.2, -0.15) is 0 Å². The van der Waals surface area contributed by atoms with Crippen LogP contribution in [0.15, 0.2) is 0 Å². The summed E-state index contributed by atoms with van der Waals surface area (Å²) in [5.74, 6) is 1.17.